The summed E-state index contributed by atoms with van der Waals surface area (Å²) in [5, 5.41) is 6.01. The molecule has 3 heteroatoms. The van der Waals surface area contributed by atoms with Crippen molar-refractivity contribution in [3.05, 3.63) is 88.2 Å². The number of nitrogens with one attached hydrogen (secondary N) is 1. The number of fused-ring (bicyclic) bond motifs is 4. The smallest absolute Gasteiger partial charge is 0.147 e. The van der Waals surface area contributed by atoms with Crippen LogP contribution in [0.5, 0.6) is 0 Å². The minimum atomic E-state index is -0.187. The zero-order valence-electron chi connectivity index (χ0n) is 13.5. The average Bonchev–Trinajstić information content (AvgIpc) is 3.11. The minimum Gasteiger partial charge on any atom is -0.375 e. The molecule has 0 spiro atoms. The fraction of sp³-hybridized carbons (Fsp3) is 0.182. The second-order valence-electron chi connectivity index (χ2n) is 6.90. The van der Waals surface area contributed by atoms with Gasteiger partial charge in [-0.2, -0.15) is 0 Å². The molecule has 1 aliphatic heterocycles. The van der Waals surface area contributed by atoms with E-state index in [0.29, 0.717) is 11.6 Å². The Kier molecular flexibility index (Phi) is 3.46. The first-order valence-corrected chi connectivity index (χ1v) is 9.41. The third kappa shape index (κ3) is 2.33. The van der Waals surface area contributed by atoms with Crippen LogP contribution in [-0.4, -0.2) is 0 Å². The summed E-state index contributed by atoms with van der Waals surface area (Å²) in [6.07, 6.45) is 5.50. The van der Waals surface area contributed by atoms with Gasteiger partial charge in [0.1, 0.15) is 5.82 Å². The zero-order valence-corrected chi connectivity index (χ0v) is 15.1. The Morgan fingerprint density at radius 3 is 2.76 bits per heavy atom. The second kappa shape index (κ2) is 5.70. The average molecular weight is 394 g/mol. The Morgan fingerprint density at radius 2 is 1.84 bits per heavy atom. The molecule has 0 amide bonds. The van der Waals surface area contributed by atoms with E-state index in [1.54, 1.807) is 6.07 Å². The quantitative estimate of drug-likeness (QED) is 0.461. The first-order chi connectivity index (χ1) is 12.2. The molecule has 0 fully saturated rings. The summed E-state index contributed by atoms with van der Waals surface area (Å²) in [5.41, 5.74) is 2.96. The van der Waals surface area contributed by atoms with Gasteiger partial charge in [0.05, 0.1) is 11.7 Å². The standard InChI is InChI=1S/C22H17BrFN/c23-14-11-19-16-8-4-10-18(16)21(25-22(19)20(24)12-14)17-9-3-6-13-5-1-2-7-15(13)17/h1-9,11-12,16,18,21,25H,10H2/t16-,18-,21+/m0/s1. The lowest BCUT2D eigenvalue weighted by molar-refractivity contribution is 0.422. The molecule has 0 saturated carbocycles. The van der Waals surface area contributed by atoms with Crippen molar-refractivity contribution in [2.24, 2.45) is 5.92 Å². The molecule has 5 rings (SSSR count). The molecule has 0 bridgehead atoms. The van der Waals surface area contributed by atoms with Crippen molar-refractivity contribution in [1.29, 1.82) is 0 Å². The number of anilines is 1. The molecule has 0 unspecified atom stereocenters. The summed E-state index contributed by atoms with van der Waals surface area (Å²) in [6, 6.07) is 18.6. The van der Waals surface area contributed by atoms with E-state index < -0.39 is 0 Å². The van der Waals surface area contributed by atoms with E-state index in [1.165, 1.54) is 16.3 Å². The molecule has 2 aliphatic rings. The summed E-state index contributed by atoms with van der Waals surface area (Å²) in [7, 11) is 0. The molecule has 0 radical (unpaired) electrons. The maximum absolute atomic E-state index is 14.7. The minimum absolute atomic E-state index is 0.106. The molecule has 124 valence electrons. The van der Waals surface area contributed by atoms with E-state index in [0.717, 1.165) is 16.5 Å². The maximum Gasteiger partial charge on any atom is 0.147 e. The van der Waals surface area contributed by atoms with Gasteiger partial charge in [-0.3, -0.25) is 0 Å². The van der Waals surface area contributed by atoms with Crippen LogP contribution in [0.15, 0.2) is 71.2 Å². The summed E-state index contributed by atoms with van der Waals surface area (Å²) >= 11 is 3.44. The molecule has 0 saturated heterocycles. The van der Waals surface area contributed by atoms with E-state index >= 15 is 0 Å². The van der Waals surface area contributed by atoms with E-state index in [1.807, 2.05) is 0 Å². The van der Waals surface area contributed by atoms with Crippen LogP contribution in [0.4, 0.5) is 10.1 Å². The number of rotatable bonds is 1. The summed E-state index contributed by atoms with van der Waals surface area (Å²) in [5.74, 6) is 0.479. The van der Waals surface area contributed by atoms with E-state index in [4.69, 9.17) is 0 Å². The van der Waals surface area contributed by atoms with Crippen molar-refractivity contribution < 1.29 is 4.39 Å². The van der Waals surface area contributed by atoms with Crippen molar-refractivity contribution in [2.45, 2.75) is 18.4 Å². The predicted molar refractivity (Wildman–Crippen MR) is 104 cm³/mol. The highest BCUT2D eigenvalue weighted by Crippen LogP contribution is 2.51. The number of hydrogen-bond acceptors (Lipinski definition) is 1. The van der Waals surface area contributed by atoms with Crippen molar-refractivity contribution in [1.82, 2.24) is 0 Å². The Balaban J connectivity index is 1.70. The number of hydrogen-bond donors (Lipinski definition) is 1. The van der Waals surface area contributed by atoms with Gasteiger partial charge < -0.3 is 5.32 Å². The molecule has 3 aromatic rings. The van der Waals surface area contributed by atoms with Crippen molar-refractivity contribution in [3.63, 3.8) is 0 Å². The van der Waals surface area contributed by atoms with Gasteiger partial charge in [-0.1, -0.05) is 70.5 Å². The largest absolute Gasteiger partial charge is 0.375 e. The normalized spacial score (nSPS) is 24.0. The van der Waals surface area contributed by atoms with Gasteiger partial charge in [-0.05, 0) is 46.4 Å². The molecule has 0 aromatic heterocycles. The van der Waals surface area contributed by atoms with Gasteiger partial charge in [0.2, 0.25) is 0 Å². The SMILES string of the molecule is Fc1cc(Br)cc2c1N[C@H](c1cccc3ccccc13)[C@H]1CC=C[C@H]21. The fourth-order valence-electron chi connectivity index (χ4n) is 4.45. The van der Waals surface area contributed by atoms with Crippen LogP contribution in [0.2, 0.25) is 0 Å². The van der Waals surface area contributed by atoms with Gasteiger partial charge in [-0.15, -0.1) is 0 Å². The van der Waals surface area contributed by atoms with Crippen LogP contribution < -0.4 is 5.32 Å². The van der Waals surface area contributed by atoms with Gasteiger partial charge in [0, 0.05) is 10.4 Å². The zero-order chi connectivity index (χ0) is 17.0. The first-order valence-electron chi connectivity index (χ1n) is 8.62. The molecular formula is C22H17BrFN. The predicted octanol–water partition coefficient (Wildman–Crippen LogP) is 6.57. The van der Waals surface area contributed by atoms with Crippen molar-refractivity contribution >= 4 is 32.4 Å². The molecule has 1 nitrogen and oxygen atoms in total. The van der Waals surface area contributed by atoms with Crippen molar-refractivity contribution in [2.75, 3.05) is 5.32 Å². The van der Waals surface area contributed by atoms with Crippen LogP contribution >= 0.6 is 15.9 Å². The maximum atomic E-state index is 14.7. The van der Waals surface area contributed by atoms with Crippen molar-refractivity contribution in [3.8, 4) is 0 Å². The summed E-state index contributed by atoms with van der Waals surface area (Å²) < 4.78 is 15.5. The Hall–Kier alpha value is -2.13. The van der Waals surface area contributed by atoms with Gasteiger partial charge in [0.15, 0.2) is 0 Å². The summed E-state index contributed by atoms with van der Waals surface area (Å²) in [6.45, 7) is 0. The van der Waals surface area contributed by atoms with Gasteiger partial charge in [-0.25, -0.2) is 4.39 Å². The van der Waals surface area contributed by atoms with E-state index in [2.05, 4.69) is 81.9 Å². The third-order valence-corrected chi connectivity index (χ3v) is 6.00. The van der Waals surface area contributed by atoms with Crippen LogP contribution in [0.3, 0.4) is 0 Å². The molecule has 1 heterocycles. The third-order valence-electron chi connectivity index (χ3n) is 5.54. The topological polar surface area (TPSA) is 12.0 Å². The lowest BCUT2D eigenvalue weighted by Gasteiger charge is -2.38. The lowest BCUT2D eigenvalue weighted by Crippen LogP contribution is -2.30. The van der Waals surface area contributed by atoms with Crippen LogP contribution in [0.1, 0.15) is 29.5 Å². The molecule has 25 heavy (non-hydrogen) atoms. The van der Waals surface area contributed by atoms with E-state index in [9.17, 15) is 4.39 Å². The Bertz CT molecular complexity index is 1000. The van der Waals surface area contributed by atoms with Crippen LogP contribution in [0, 0.1) is 11.7 Å². The number of allylic oxidation sites excluding steroid dienone is 2. The van der Waals surface area contributed by atoms with E-state index in [-0.39, 0.29) is 17.8 Å². The van der Waals surface area contributed by atoms with Gasteiger partial charge >= 0.3 is 0 Å². The molecule has 3 aromatic carbocycles. The Labute approximate surface area is 154 Å². The number of benzene rings is 3. The molecular weight excluding hydrogens is 377 g/mol. The lowest BCUT2D eigenvalue weighted by atomic mass is 9.76. The fourth-order valence-corrected chi connectivity index (χ4v) is 4.90. The number of halogens is 2. The van der Waals surface area contributed by atoms with Crippen LogP contribution in [0.25, 0.3) is 10.8 Å². The summed E-state index contributed by atoms with van der Waals surface area (Å²) in [4.78, 5) is 0. The monoisotopic (exact) mass is 393 g/mol. The highest BCUT2D eigenvalue weighted by molar-refractivity contribution is 9.10. The highest BCUT2D eigenvalue weighted by atomic mass is 79.9. The molecule has 1 N–H and O–H groups in total. The first kappa shape index (κ1) is 15.2. The van der Waals surface area contributed by atoms with Crippen LogP contribution in [-0.2, 0) is 0 Å². The molecule has 3 atom stereocenters. The highest BCUT2D eigenvalue weighted by Gasteiger charge is 2.39. The molecule has 1 aliphatic carbocycles. The Morgan fingerprint density at radius 1 is 1.00 bits per heavy atom. The second-order valence-corrected chi connectivity index (χ2v) is 7.81. The van der Waals surface area contributed by atoms with Gasteiger partial charge in [0.25, 0.3) is 0 Å².